The number of hydroxylamine groups is 2. The van der Waals surface area contributed by atoms with Crippen LogP contribution in [0.2, 0.25) is 5.02 Å². The van der Waals surface area contributed by atoms with Crippen molar-refractivity contribution in [3.63, 3.8) is 0 Å². The van der Waals surface area contributed by atoms with E-state index in [4.69, 9.17) is 11.6 Å². The fourth-order valence-corrected chi connectivity index (χ4v) is 4.27. The third-order valence-electron chi connectivity index (χ3n) is 5.28. The van der Waals surface area contributed by atoms with Gasteiger partial charge in [-0.1, -0.05) is 64.8 Å². The van der Waals surface area contributed by atoms with E-state index in [0.717, 1.165) is 32.8 Å². The highest BCUT2D eigenvalue weighted by atomic mass is 79.9. The zero-order chi connectivity index (χ0) is 19.9. The summed E-state index contributed by atoms with van der Waals surface area (Å²) < 4.78 is 0.787. The van der Waals surface area contributed by atoms with E-state index in [-0.39, 0.29) is 0 Å². The van der Waals surface area contributed by atoms with Gasteiger partial charge in [0.25, 0.3) is 5.91 Å². The summed E-state index contributed by atoms with van der Waals surface area (Å²) in [6.45, 7) is 2.09. The highest BCUT2D eigenvalue weighted by molar-refractivity contribution is 9.10. The molecule has 1 unspecified atom stereocenters. The molecule has 6 heteroatoms. The monoisotopic (exact) mass is 456 g/mol. The lowest BCUT2D eigenvalue weighted by atomic mass is 9.79. The number of fused-ring (bicyclic) bond motifs is 1. The number of benzene rings is 2. The first-order chi connectivity index (χ1) is 13.5. The van der Waals surface area contributed by atoms with Crippen LogP contribution in [0, 0.1) is 0 Å². The summed E-state index contributed by atoms with van der Waals surface area (Å²) in [4.78, 5) is 17.3. The zero-order valence-corrected chi connectivity index (χ0v) is 17.5. The molecule has 0 saturated heterocycles. The smallest absolute Gasteiger partial charge is 0.278 e. The van der Waals surface area contributed by atoms with E-state index >= 15 is 0 Å². The minimum Gasteiger partial charge on any atom is -0.284 e. The highest BCUT2D eigenvalue weighted by Gasteiger charge is 2.51. The molecule has 1 atom stereocenters. The fourth-order valence-electron chi connectivity index (χ4n) is 3.79. The Labute approximate surface area is 176 Å². The van der Waals surface area contributed by atoms with Crippen molar-refractivity contribution in [1.82, 2.24) is 10.0 Å². The van der Waals surface area contributed by atoms with Crippen molar-refractivity contribution in [1.29, 1.82) is 0 Å². The molecular weight excluding hydrogens is 440 g/mol. The zero-order valence-electron chi connectivity index (χ0n) is 15.2. The van der Waals surface area contributed by atoms with E-state index in [2.05, 4.69) is 27.8 Å². The molecule has 142 valence electrons. The van der Waals surface area contributed by atoms with Crippen molar-refractivity contribution < 1.29 is 10.0 Å². The Hall–Kier alpha value is -2.21. The standard InChI is InChI=1S/C22H18BrClN2O2/c1-2-14-3-5-15(6-4-14)22(12-18-9-8-17(24)13-25-18)20-10-7-16(23)11-19(20)21(27)26(22)28/h3-11,13,28H,2,12H2,1H3. The molecule has 4 nitrogen and oxygen atoms in total. The van der Waals surface area contributed by atoms with E-state index in [0.29, 0.717) is 17.0 Å². The molecule has 1 amide bonds. The Balaban J connectivity index is 1.94. The SMILES string of the molecule is CCc1ccc(C2(Cc3ccc(Cl)cn3)c3ccc(Br)cc3C(=O)N2O)cc1. The summed E-state index contributed by atoms with van der Waals surface area (Å²) in [5.41, 5.74) is 2.92. The molecule has 0 saturated carbocycles. The number of halogens is 2. The van der Waals surface area contributed by atoms with Gasteiger partial charge in [0.1, 0.15) is 5.54 Å². The first-order valence-corrected chi connectivity index (χ1v) is 10.2. The topological polar surface area (TPSA) is 53.4 Å². The predicted molar refractivity (Wildman–Crippen MR) is 112 cm³/mol. The molecule has 2 heterocycles. The van der Waals surface area contributed by atoms with Gasteiger partial charge in [-0.05, 0) is 47.4 Å². The fraction of sp³-hybridized carbons (Fsp3) is 0.182. The number of amides is 1. The number of hydrogen-bond acceptors (Lipinski definition) is 3. The van der Waals surface area contributed by atoms with Gasteiger partial charge < -0.3 is 0 Å². The second kappa shape index (κ2) is 7.32. The van der Waals surface area contributed by atoms with Crippen molar-refractivity contribution in [2.75, 3.05) is 0 Å². The summed E-state index contributed by atoms with van der Waals surface area (Å²) in [5, 5.41) is 12.4. The Kier molecular flexibility index (Phi) is 5.00. The second-order valence-electron chi connectivity index (χ2n) is 6.86. The largest absolute Gasteiger partial charge is 0.284 e. The number of pyridine rings is 1. The van der Waals surface area contributed by atoms with E-state index in [1.807, 2.05) is 42.5 Å². The van der Waals surface area contributed by atoms with E-state index in [1.165, 1.54) is 5.56 Å². The minimum absolute atomic E-state index is 0.326. The van der Waals surface area contributed by atoms with Gasteiger partial charge in [-0.25, -0.2) is 5.06 Å². The molecule has 0 aliphatic carbocycles. The third kappa shape index (κ3) is 3.04. The Morgan fingerprint density at radius 3 is 2.54 bits per heavy atom. The van der Waals surface area contributed by atoms with Crippen LogP contribution in [0.15, 0.2) is 65.3 Å². The predicted octanol–water partition coefficient (Wildman–Crippen LogP) is 5.39. The average Bonchev–Trinajstić information content (AvgIpc) is 2.92. The summed E-state index contributed by atoms with van der Waals surface area (Å²) in [6.07, 6.45) is 2.82. The Morgan fingerprint density at radius 2 is 1.89 bits per heavy atom. The number of rotatable bonds is 4. The van der Waals surface area contributed by atoms with Crippen molar-refractivity contribution in [2.45, 2.75) is 25.3 Å². The van der Waals surface area contributed by atoms with Crippen LogP contribution in [-0.4, -0.2) is 21.2 Å². The van der Waals surface area contributed by atoms with Gasteiger partial charge in [-0.2, -0.15) is 0 Å². The van der Waals surface area contributed by atoms with Crippen molar-refractivity contribution in [2.24, 2.45) is 0 Å². The van der Waals surface area contributed by atoms with Gasteiger partial charge in [0.05, 0.1) is 5.02 Å². The summed E-state index contributed by atoms with van der Waals surface area (Å²) in [5.74, 6) is -0.426. The summed E-state index contributed by atoms with van der Waals surface area (Å²) >= 11 is 9.40. The van der Waals surface area contributed by atoms with Crippen LogP contribution in [0.1, 0.15) is 39.7 Å². The van der Waals surface area contributed by atoms with Gasteiger partial charge in [-0.3, -0.25) is 15.0 Å². The normalized spacial score (nSPS) is 18.4. The molecule has 0 spiro atoms. The number of carbonyl (C=O) groups excluding carboxylic acids is 1. The molecule has 0 bridgehead atoms. The van der Waals surface area contributed by atoms with Gasteiger partial charge in [0.15, 0.2) is 0 Å². The van der Waals surface area contributed by atoms with Crippen LogP contribution in [0.25, 0.3) is 0 Å². The van der Waals surface area contributed by atoms with E-state index in [9.17, 15) is 10.0 Å². The number of nitrogens with zero attached hydrogens (tertiary/aromatic N) is 2. The molecule has 0 fully saturated rings. The van der Waals surface area contributed by atoms with Crippen LogP contribution in [0.3, 0.4) is 0 Å². The Morgan fingerprint density at radius 1 is 1.14 bits per heavy atom. The van der Waals surface area contributed by atoms with Gasteiger partial charge >= 0.3 is 0 Å². The molecule has 4 rings (SSSR count). The van der Waals surface area contributed by atoms with Crippen molar-refractivity contribution in [3.8, 4) is 0 Å². The molecule has 1 N–H and O–H groups in total. The lowest BCUT2D eigenvalue weighted by molar-refractivity contribution is -0.114. The number of carbonyl (C=O) groups is 1. The van der Waals surface area contributed by atoms with Crippen molar-refractivity contribution in [3.05, 3.63) is 98.2 Å². The number of aromatic nitrogens is 1. The highest BCUT2D eigenvalue weighted by Crippen LogP contribution is 2.46. The van der Waals surface area contributed by atoms with E-state index < -0.39 is 11.4 Å². The average molecular weight is 458 g/mol. The maximum atomic E-state index is 12.9. The Bertz CT molecular complexity index is 1040. The third-order valence-corrected chi connectivity index (χ3v) is 5.99. The van der Waals surface area contributed by atoms with Gasteiger partial charge in [0.2, 0.25) is 0 Å². The maximum Gasteiger partial charge on any atom is 0.278 e. The van der Waals surface area contributed by atoms with Crippen molar-refractivity contribution >= 4 is 33.4 Å². The number of aryl methyl sites for hydroxylation is 1. The van der Waals surface area contributed by atoms with Gasteiger partial charge in [-0.15, -0.1) is 0 Å². The first kappa shape index (κ1) is 19.1. The molecule has 2 aromatic carbocycles. The minimum atomic E-state index is -1.06. The lowest BCUT2D eigenvalue weighted by Crippen LogP contribution is -2.44. The molecular formula is C22H18BrClN2O2. The second-order valence-corrected chi connectivity index (χ2v) is 8.21. The lowest BCUT2D eigenvalue weighted by Gasteiger charge is -2.35. The summed E-state index contributed by atoms with van der Waals surface area (Å²) in [6, 6.07) is 17.1. The quantitative estimate of drug-likeness (QED) is 0.534. The van der Waals surface area contributed by atoms with E-state index in [1.54, 1.807) is 18.3 Å². The van der Waals surface area contributed by atoms with Crippen LogP contribution in [-0.2, 0) is 18.4 Å². The molecule has 0 radical (unpaired) electrons. The molecule has 1 aliphatic heterocycles. The van der Waals surface area contributed by atoms with Crippen LogP contribution in [0.5, 0.6) is 0 Å². The van der Waals surface area contributed by atoms with Crippen LogP contribution >= 0.6 is 27.5 Å². The molecule has 3 aromatic rings. The molecule has 1 aliphatic rings. The molecule has 28 heavy (non-hydrogen) atoms. The first-order valence-electron chi connectivity index (χ1n) is 8.99. The maximum absolute atomic E-state index is 12.9. The van der Waals surface area contributed by atoms with Crippen LogP contribution in [0.4, 0.5) is 0 Å². The number of hydrogen-bond donors (Lipinski definition) is 1. The summed E-state index contributed by atoms with van der Waals surface area (Å²) in [7, 11) is 0. The van der Waals surface area contributed by atoms with Crippen LogP contribution < -0.4 is 0 Å². The molecule has 1 aromatic heterocycles. The van der Waals surface area contributed by atoms with Gasteiger partial charge in [0, 0.05) is 28.3 Å².